The van der Waals surface area contributed by atoms with Gasteiger partial charge in [-0.2, -0.15) is 0 Å². The van der Waals surface area contributed by atoms with Crippen LogP contribution in [0.15, 0.2) is 41.3 Å². The second-order valence-electron chi connectivity index (χ2n) is 7.08. The van der Waals surface area contributed by atoms with Gasteiger partial charge in [0.2, 0.25) is 0 Å². The first-order valence-electron chi connectivity index (χ1n) is 9.43. The monoisotopic (exact) mass is 393 g/mol. The fourth-order valence-corrected chi connectivity index (χ4v) is 5.09. The molecule has 4 aromatic rings. The number of aryl methyl sites for hydroxylation is 2. The number of H-pyrrole nitrogens is 1. The van der Waals surface area contributed by atoms with Crippen molar-refractivity contribution in [1.29, 1.82) is 0 Å². The summed E-state index contributed by atoms with van der Waals surface area (Å²) in [6.45, 7) is 0.00942. The lowest BCUT2D eigenvalue weighted by molar-refractivity contribution is -0.144. The number of aromatic nitrogens is 3. The third-order valence-electron chi connectivity index (χ3n) is 5.21. The molecule has 28 heavy (non-hydrogen) atoms. The zero-order chi connectivity index (χ0) is 19.1. The van der Waals surface area contributed by atoms with Gasteiger partial charge in [-0.1, -0.05) is 18.2 Å². The minimum Gasteiger partial charge on any atom is -0.459 e. The Labute approximate surface area is 164 Å². The number of benzene rings is 1. The number of hydrogen-bond acceptors (Lipinski definition) is 5. The van der Waals surface area contributed by atoms with Crippen molar-refractivity contribution in [1.82, 2.24) is 14.4 Å². The van der Waals surface area contributed by atoms with Crippen LogP contribution in [0.1, 0.15) is 34.7 Å². The van der Waals surface area contributed by atoms with Crippen molar-refractivity contribution >= 4 is 33.2 Å². The Bertz CT molecular complexity index is 1250. The van der Waals surface area contributed by atoms with E-state index in [0.29, 0.717) is 10.7 Å². The quantitative estimate of drug-likeness (QED) is 0.539. The summed E-state index contributed by atoms with van der Waals surface area (Å²) < 4.78 is 7.12. The highest BCUT2D eigenvalue weighted by Gasteiger charge is 2.19. The van der Waals surface area contributed by atoms with Gasteiger partial charge in [0.05, 0.1) is 12.1 Å². The number of nitrogens with zero attached hydrogens (tertiary/aromatic N) is 2. The summed E-state index contributed by atoms with van der Waals surface area (Å²) >= 11 is 1.57. The molecule has 0 amide bonds. The van der Waals surface area contributed by atoms with Gasteiger partial charge in [-0.05, 0) is 37.3 Å². The van der Waals surface area contributed by atoms with Gasteiger partial charge in [0, 0.05) is 33.7 Å². The van der Waals surface area contributed by atoms with E-state index in [4.69, 9.17) is 4.74 Å². The van der Waals surface area contributed by atoms with Crippen molar-refractivity contribution in [2.24, 2.45) is 0 Å². The highest BCUT2D eigenvalue weighted by Crippen LogP contribution is 2.28. The lowest BCUT2D eigenvalue weighted by atomic mass is 10.0. The minimum absolute atomic E-state index is 0.00942. The van der Waals surface area contributed by atoms with Crippen LogP contribution in [0.4, 0.5) is 0 Å². The van der Waals surface area contributed by atoms with Crippen molar-refractivity contribution in [3.05, 3.63) is 68.7 Å². The maximum Gasteiger partial charge on any atom is 0.310 e. The predicted octanol–water partition coefficient (Wildman–Crippen LogP) is 3.40. The Hall–Kier alpha value is -2.93. The number of rotatable bonds is 4. The summed E-state index contributed by atoms with van der Waals surface area (Å²) in [5.41, 5.74) is 3.40. The second-order valence-corrected chi connectivity index (χ2v) is 8.14. The highest BCUT2D eigenvalue weighted by atomic mass is 32.1. The average molecular weight is 393 g/mol. The molecule has 0 spiro atoms. The molecule has 1 aromatic carbocycles. The lowest BCUT2D eigenvalue weighted by Gasteiger charge is -2.10. The number of carbonyl (C=O) groups excluding carboxylic acids is 1. The highest BCUT2D eigenvalue weighted by molar-refractivity contribution is 7.17. The van der Waals surface area contributed by atoms with Crippen LogP contribution in [-0.2, 0) is 35.4 Å². The Morgan fingerprint density at radius 2 is 2.11 bits per heavy atom. The average Bonchev–Trinajstić information content (AvgIpc) is 3.28. The smallest absolute Gasteiger partial charge is 0.310 e. The molecule has 0 unspecified atom stereocenters. The first-order chi connectivity index (χ1) is 13.7. The Morgan fingerprint density at radius 3 is 3.04 bits per heavy atom. The fraction of sp³-hybridized carbons (Fsp3) is 0.286. The van der Waals surface area contributed by atoms with Crippen LogP contribution < -0.4 is 5.56 Å². The number of esters is 1. The summed E-state index contributed by atoms with van der Waals surface area (Å²) in [5, 5.41) is 1.02. The Morgan fingerprint density at radius 1 is 1.25 bits per heavy atom. The molecule has 5 rings (SSSR count). The number of fused-ring (bicyclic) bond motifs is 4. The molecule has 0 saturated heterocycles. The van der Waals surface area contributed by atoms with E-state index in [1.807, 2.05) is 30.5 Å². The third kappa shape index (κ3) is 3.01. The molecular weight excluding hydrogens is 374 g/mol. The number of carbonyl (C=O) groups is 1. The SMILES string of the molecule is O=C(Cc1c[nH]c2ccccc12)OCc1cc(=O)n2c3c(sc2n1)CCCC3. The van der Waals surface area contributed by atoms with Gasteiger partial charge in [0.25, 0.3) is 5.56 Å². The van der Waals surface area contributed by atoms with E-state index in [0.717, 1.165) is 47.8 Å². The number of thiazole rings is 1. The molecule has 7 heteroatoms. The third-order valence-corrected chi connectivity index (χ3v) is 6.35. The van der Waals surface area contributed by atoms with E-state index in [9.17, 15) is 9.59 Å². The molecule has 1 aliphatic carbocycles. The first kappa shape index (κ1) is 17.2. The summed E-state index contributed by atoms with van der Waals surface area (Å²) in [7, 11) is 0. The summed E-state index contributed by atoms with van der Waals surface area (Å²) in [4.78, 5) is 34.5. The normalized spacial score (nSPS) is 13.7. The van der Waals surface area contributed by atoms with Crippen molar-refractivity contribution in [2.45, 2.75) is 38.7 Å². The molecule has 0 radical (unpaired) electrons. The minimum atomic E-state index is -0.336. The van der Waals surface area contributed by atoms with Crippen molar-refractivity contribution in [3.8, 4) is 0 Å². The van der Waals surface area contributed by atoms with Crippen LogP contribution in [-0.4, -0.2) is 20.3 Å². The van der Waals surface area contributed by atoms with Crippen LogP contribution >= 0.6 is 11.3 Å². The second kappa shape index (κ2) is 6.91. The van der Waals surface area contributed by atoms with E-state index in [1.54, 1.807) is 15.7 Å². The molecule has 0 atom stereocenters. The topological polar surface area (TPSA) is 76.5 Å². The largest absolute Gasteiger partial charge is 0.459 e. The zero-order valence-corrected chi connectivity index (χ0v) is 16.1. The number of hydrogen-bond donors (Lipinski definition) is 1. The Kier molecular flexibility index (Phi) is 4.24. The fourth-order valence-electron chi connectivity index (χ4n) is 3.85. The van der Waals surface area contributed by atoms with Crippen LogP contribution in [0.5, 0.6) is 0 Å². The van der Waals surface area contributed by atoms with Gasteiger partial charge in [-0.15, -0.1) is 11.3 Å². The molecule has 142 valence electrons. The van der Waals surface area contributed by atoms with Gasteiger partial charge in [-0.3, -0.25) is 14.0 Å². The molecule has 6 nitrogen and oxygen atoms in total. The van der Waals surface area contributed by atoms with Crippen LogP contribution in [0, 0.1) is 0 Å². The predicted molar refractivity (Wildman–Crippen MR) is 108 cm³/mol. The van der Waals surface area contributed by atoms with Crippen LogP contribution in [0.25, 0.3) is 15.9 Å². The van der Waals surface area contributed by atoms with Crippen LogP contribution in [0.3, 0.4) is 0 Å². The molecule has 0 fully saturated rings. The molecule has 3 heterocycles. The van der Waals surface area contributed by atoms with Gasteiger partial charge < -0.3 is 9.72 Å². The van der Waals surface area contributed by atoms with Crippen LogP contribution in [0.2, 0.25) is 0 Å². The first-order valence-corrected chi connectivity index (χ1v) is 10.2. The Balaban J connectivity index is 1.33. The van der Waals surface area contributed by atoms with Gasteiger partial charge in [-0.25, -0.2) is 4.98 Å². The maximum atomic E-state index is 12.6. The number of para-hydroxylation sites is 1. The molecule has 1 aliphatic rings. The molecule has 0 aliphatic heterocycles. The molecule has 0 saturated carbocycles. The van der Waals surface area contributed by atoms with E-state index in [1.165, 1.54) is 10.9 Å². The van der Waals surface area contributed by atoms with Gasteiger partial charge in [0.15, 0.2) is 4.96 Å². The molecule has 0 bridgehead atoms. The number of nitrogens with one attached hydrogen (secondary N) is 1. The molecule has 3 aromatic heterocycles. The molecule has 1 N–H and O–H groups in total. The van der Waals surface area contributed by atoms with Crippen molar-refractivity contribution in [2.75, 3.05) is 0 Å². The number of ether oxygens (including phenoxy) is 1. The van der Waals surface area contributed by atoms with E-state index < -0.39 is 0 Å². The van der Waals surface area contributed by atoms with Gasteiger partial charge >= 0.3 is 5.97 Å². The number of aromatic amines is 1. The van der Waals surface area contributed by atoms with Crippen molar-refractivity contribution in [3.63, 3.8) is 0 Å². The summed E-state index contributed by atoms with van der Waals surface area (Å²) in [5.74, 6) is -0.336. The van der Waals surface area contributed by atoms with Gasteiger partial charge in [0.1, 0.15) is 6.61 Å². The lowest BCUT2D eigenvalue weighted by Crippen LogP contribution is -2.19. The molecular formula is C21H19N3O3S. The maximum absolute atomic E-state index is 12.6. The summed E-state index contributed by atoms with van der Waals surface area (Å²) in [6, 6.07) is 9.32. The van der Waals surface area contributed by atoms with E-state index in [2.05, 4.69) is 9.97 Å². The summed E-state index contributed by atoms with van der Waals surface area (Å²) in [6.07, 6.45) is 6.22. The van der Waals surface area contributed by atoms with Crippen molar-refractivity contribution < 1.29 is 9.53 Å². The standard InChI is InChI=1S/C21H19N3O3S/c25-19-10-14(23-21-24(19)17-7-3-4-8-18(17)28-21)12-27-20(26)9-13-11-22-16-6-2-1-5-15(13)16/h1-2,5-6,10-11,22H,3-4,7-9,12H2. The van der Waals surface area contributed by atoms with E-state index >= 15 is 0 Å². The van der Waals surface area contributed by atoms with E-state index in [-0.39, 0.29) is 24.6 Å². The zero-order valence-electron chi connectivity index (χ0n) is 15.2.